The maximum Gasteiger partial charge on any atom is 0.386 e. The summed E-state index contributed by atoms with van der Waals surface area (Å²) in [7, 11) is 0. The lowest BCUT2D eigenvalue weighted by molar-refractivity contribution is -0.136. The quantitative estimate of drug-likeness (QED) is 0.534. The Bertz CT molecular complexity index is 339. The predicted molar refractivity (Wildman–Crippen MR) is 59.6 cm³/mol. The molecule has 0 spiro atoms. The fourth-order valence-electron chi connectivity index (χ4n) is 1.39. The van der Waals surface area contributed by atoms with Gasteiger partial charge in [0.15, 0.2) is 0 Å². The maximum absolute atomic E-state index is 10.9. The van der Waals surface area contributed by atoms with Crippen molar-refractivity contribution in [3.63, 3.8) is 0 Å². The lowest BCUT2D eigenvalue weighted by atomic mass is 10.0. The van der Waals surface area contributed by atoms with Gasteiger partial charge in [0.2, 0.25) is 0 Å². The summed E-state index contributed by atoms with van der Waals surface area (Å²) in [5, 5.41) is 10.9. The number of benzene rings is 1. The van der Waals surface area contributed by atoms with E-state index in [1.807, 2.05) is 18.2 Å². The van der Waals surface area contributed by atoms with E-state index in [0.29, 0.717) is 11.1 Å². The lowest BCUT2D eigenvalue weighted by Gasteiger charge is -2.00. The molecular weight excluding hydrogens is 188 g/mol. The Labute approximate surface area is 90.3 Å². The SMILES string of the molecule is CCCC/C=C(/C([O])=O)c1ccccc1. The molecule has 2 nitrogen and oxygen atoms in total. The van der Waals surface area contributed by atoms with Crippen molar-refractivity contribution >= 4 is 11.5 Å². The van der Waals surface area contributed by atoms with Crippen molar-refractivity contribution in [1.29, 1.82) is 0 Å². The van der Waals surface area contributed by atoms with E-state index in [1.54, 1.807) is 18.2 Å². The number of carbonyl (C=O) groups is 1. The van der Waals surface area contributed by atoms with E-state index in [1.165, 1.54) is 0 Å². The molecule has 0 aliphatic heterocycles. The van der Waals surface area contributed by atoms with Crippen LogP contribution < -0.4 is 0 Å². The minimum absolute atomic E-state index is 0.295. The van der Waals surface area contributed by atoms with Gasteiger partial charge < -0.3 is 0 Å². The molecule has 0 aliphatic carbocycles. The summed E-state index contributed by atoms with van der Waals surface area (Å²) in [5.74, 6) is -1.10. The molecule has 0 bridgehead atoms. The number of carbonyl (C=O) groups excluding carboxylic acids is 1. The molecule has 0 heterocycles. The highest BCUT2D eigenvalue weighted by atomic mass is 16.4. The van der Waals surface area contributed by atoms with Crippen LogP contribution in [0, 0.1) is 0 Å². The van der Waals surface area contributed by atoms with Crippen LogP contribution in [0.2, 0.25) is 0 Å². The van der Waals surface area contributed by atoms with Crippen LogP contribution in [0.3, 0.4) is 0 Å². The van der Waals surface area contributed by atoms with Crippen LogP contribution in [0.25, 0.3) is 5.57 Å². The molecule has 0 saturated carbocycles. The molecule has 1 radical (unpaired) electrons. The smallest absolute Gasteiger partial charge is 0.241 e. The number of rotatable bonds is 5. The summed E-state index contributed by atoms with van der Waals surface area (Å²) in [5.41, 5.74) is 1.01. The van der Waals surface area contributed by atoms with E-state index in [4.69, 9.17) is 0 Å². The van der Waals surface area contributed by atoms with E-state index in [2.05, 4.69) is 6.92 Å². The Balaban J connectivity index is 2.84. The van der Waals surface area contributed by atoms with Crippen molar-refractivity contribution in [2.24, 2.45) is 0 Å². The molecule has 15 heavy (non-hydrogen) atoms. The molecular formula is C13H15O2. The second-order valence-electron chi connectivity index (χ2n) is 3.41. The van der Waals surface area contributed by atoms with Crippen LogP contribution in [0.15, 0.2) is 36.4 Å². The summed E-state index contributed by atoms with van der Waals surface area (Å²) in [6.45, 7) is 2.08. The van der Waals surface area contributed by atoms with E-state index in [0.717, 1.165) is 19.3 Å². The molecule has 0 aliphatic rings. The molecule has 79 valence electrons. The second-order valence-corrected chi connectivity index (χ2v) is 3.41. The van der Waals surface area contributed by atoms with Gasteiger partial charge >= 0.3 is 5.97 Å². The summed E-state index contributed by atoms with van der Waals surface area (Å²) < 4.78 is 0. The molecule has 1 rings (SSSR count). The van der Waals surface area contributed by atoms with Crippen LogP contribution in [0.5, 0.6) is 0 Å². The third-order valence-corrected chi connectivity index (χ3v) is 2.21. The van der Waals surface area contributed by atoms with Crippen molar-refractivity contribution < 1.29 is 9.90 Å². The first-order valence-corrected chi connectivity index (χ1v) is 5.22. The predicted octanol–water partition coefficient (Wildman–Crippen LogP) is 3.22. The van der Waals surface area contributed by atoms with Gasteiger partial charge in [0.25, 0.3) is 0 Å². The maximum atomic E-state index is 10.9. The molecule has 1 aromatic rings. The molecule has 0 aromatic heterocycles. The first kappa shape index (κ1) is 11.5. The Hall–Kier alpha value is -1.57. The van der Waals surface area contributed by atoms with Gasteiger partial charge in [-0.3, -0.25) is 0 Å². The third kappa shape index (κ3) is 3.58. The Kier molecular flexibility index (Phi) is 4.61. The minimum Gasteiger partial charge on any atom is -0.241 e. The molecule has 0 unspecified atom stereocenters. The first-order valence-electron chi connectivity index (χ1n) is 5.22. The van der Waals surface area contributed by atoms with Crippen LogP contribution >= 0.6 is 0 Å². The Morgan fingerprint density at radius 3 is 2.47 bits per heavy atom. The molecule has 1 aromatic carbocycles. The van der Waals surface area contributed by atoms with E-state index in [9.17, 15) is 9.90 Å². The van der Waals surface area contributed by atoms with Crippen LogP contribution in [0.4, 0.5) is 0 Å². The zero-order valence-corrected chi connectivity index (χ0v) is 8.90. The highest BCUT2D eigenvalue weighted by Gasteiger charge is 2.10. The van der Waals surface area contributed by atoms with Crippen LogP contribution in [-0.2, 0) is 9.90 Å². The number of allylic oxidation sites excluding steroid dienone is 1. The standard InChI is InChI=1S/C13H15O2/c1-2-3-5-10-12(13(14)15)11-8-6-4-7-9-11/h4,6-10H,2-3,5H2,1H3/b12-10+. The summed E-state index contributed by atoms with van der Waals surface area (Å²) >= 11 is 0. The van der Waals surface area contributed by atoms with Crippen molar-refractivity contribution in [2.45, 2.75) is 26.2 Å². The number of hydrogen-bond acceptors (Lipinski definition) is 1. The Morgan fingerprint density at radius 1 is 1.27 bits per heavy atom. The average Bonchev–Trinajstić information content (AvgIpc) is 2.25. The van der Waals surface area contributed by atoms with E-state index < -0.39 is 5.97 Å². The molecule has 2 heteroatoms. The third-order valence-electron chi connectivity index (χ3n) is 2.21. The van der Waals surface area contributed by atoms with Crippen LogP contribution in [0.1, 0.15) is 31.7 Å². The van der Waals surface area contributed by atoms with Gasteiger partial charge in [-0.15, -0.1) is 0 Å². The number of hydrogen-bond donors (Lipinski definition) is 0. The highest BCUT2D eigenvalue weighted by molar-refractivity contribution is 6.15. The molecule has 0 N–H and O–H groups in total. The first-order chi connectivity index (χ1) is 7.25. The fourth-order valence-corrected chi connectivity index (χ4v) is 1.39. The normalized spacial score (nSPS) is 11.4. The van der Waals surface area contributed by atoms with Gasteiger partial charge in [0, 0.05) is 0 Å². The fraction of sp³-hybridized carbons (Fsp3) is 0.308. The van der Waals surface area contributed by atoms with Crippen molar-refractivity contribution in [3.05, 3.63) is 42.0 Å². The zero-order valence-electron chi connectivity index (χ0n) is 8.90. The van der Waals surface area contributed by atoms with Gasteiger partial charge in [-0.1, -0.05) is 56.2 Å². The summed E-state index contributed by atoms with van der Waals surface area (Å²) in [4.78, 5) is 10.9. The topological polar surface area (TPSA) is 37.0 Å². The van der Waals surface area contributed by atoms with Gasteiger partial charge in [0.1, 0.15) is 0 Å². The number of unbranched alkanes of at least 4 members (excludes halogenated alkanes) is 2. The van der Waals surface area contributed by atoms with E-state index in [-0.39, 0.29) is 0 Å². The van der Waals surface area contributed by atoms with Gasteiger partial charge in [0.05, 0.1) is 5.57 Å². The van der Waals surface area contributed by atoms with Gasteiger partial charge in [-0.25, -0.2) is 9.90 Å². The molecule has 0 saturated heterocycles. The lowest BCUT2D eigenvalue weighted by Crippen LogP contribution is -1.97. The molecule has 0 amide bonds. The monoisotopic (exact) mass is 203 g/mol. The van der Waals surface area contributed by atoms with Gasteiger partial charge in [-0.05, 0) is 12.0 Å². The van der Waals surface area contributed by atoms with Crippen molar-refractivity contribution in [3.8, 4) is 0 Å². The largest absolute Gasteiger partial charge is 0.386 e. The zero-order chi connectivity index (χ0) is 11.1. The summed E-state index contributed by atoms with van der Waals surface area (Å²) in [6.07, 6.45) is 4.60. The van der Waals surface area contributed by atoms with Crippen molar-refractivity contribution in [1.82, 2.24) is 0 Å². The Morgan fingerprint density at radius 2 is 1.93 bits per heavy atom. The minimum atomic E-state index is -1.10. The summed E-state index contributed by atoms with van der Waals surface area (Å²) in [6, 6.07) is 9.08. The van der Waals surface area contributed by atoms with E-state index >= 15 is 0 Å². The van der Waals surface area contributed by atoms with Crippen LogP contribution in [-0.4, -0.2) is 5.97 Å². The highest BCUT2D eigenvalue weighted by Crippen LogP contribution is 2.16. The molecule has 0 fully saturated rings. The van der Waals surface area contributed by atoms with Gasteiger partial charge in [-0.2, -0.15) is 0 Å². The average molecular weight is 203 g/mol. The second kappa shape index (κ2) is 6.02. The van der Waals surface area contributed by atoms with Crippen molar-refractivity contribution in [2.75, 3.05) is 0 Å². The molecule has 0 atom stereocenters.